The van der Waals surface area contributed by atoms with Gasteiger partial charge in [-0.05, 0) is 41.6 Å². The minimum Gasteiger partial charge on any atom is -0.406 e. The van der Waals surface area contributed by atoms with E-state index in [1.165, 1.54) is 23.7 Å². The van der Waals surface area contributed by atoms with Gasteiger partial charge in [0.15, 0.2) is 0 Å². The molecule has 0 aliphatic rings. The molecule has 4 rings (SSSR count). The van der Waals surface area contributed by atoms with Crippen molar-refractivity contribution in [2.75, 3.05) is 0 Å². The second-order valence-electron chi connectivity index (χ2n) is 6.55. The van der Waals surface area contributed by atoms with E-state index in [-0.39, 0.29) is 11.3 Å². The summed E-state index contributed by atoms with van der Waals surface area (Å²) in [5, 5.41) is 2.36. The van der Waals surface area contributed by atoms with E-state index in [0.717, 1.165) is 10.8 Å². The number of rotatable bonds is 2. The van der Waals surface area contributed by atoms with Crippen molar-refractivity contribution in [3.05, 3.63) is 70.8 Å². The molecule has 7 heteroatoms. The lowest BCUT2D eigenvalue weighted by atomic mass is 9.95. The fourth-order valence-electron chi connectivity index (χ4n) is 3.46. The maximum atomic E-state index is 12.9. The van der Waals surface area contributed by atoms with Gasteiger partial charge in [-0.15, -0.1) is 13.2 Å². The Bertz CT molecular complexity index is 1270. The summed E-state index contributed by atoms with van der Waals surface area (Å²) in [5.41, 5.74) is 1.82. The second kappa shape index (κ2) is 6.37. The normalized spacial score (nSPS) is 11.9. The molecule has 0 amide bonds. The number of ether oxygens (including phenoxy) is 1. The number of nitrogens with zero attached hydrogens (tertiary/aromatic N) is 2. The van der Waals surface area contributed by atoms with Crippen LogP contribution in [0.15, 0.2) is 59.7 Å². The van der Waals surface area contributed by atoms with E-state index in [1.54, 1.807) is 25.4 Å². The zero-order valence-corrected chi connectivity index (χ0v) is 15.0. The third-order valence-electron chi connectivity index (χ3n) is 4.70. The van der Waals surface area contributed by atoms with E-state index in [0.29, 0.717) is 27.6 Å². The molecule has 2 aromatic carbocycles. The van der Waals surface area contributed by atoms with E-state index in [2.05, 4.69) is 9.72 Å². The molecule has 0 bridgehead atoms. The Kier molecular flexibility index (Phi) is 4.10. The maximum absolute atomic E-state index is 12.9. The van der Waals surface area contributed by atoms with Gasteiger partial charge in [-0.25, -0.2) is 0 Å². The zero-order valence-electron chi connectivity index (χ0n) is 15.0. The maximum Gasteiger partial charge on any atom is 0.573 e. The Morgan fingerprint density at radius 3 is 2.57 bits per heavy atom. The SMILES string of the molecule is Cc1cc2c(-c3cccc4ccncc34)cc(OC(F)(F)F)cc2n(C)c1=O. The van der Waals surface area contributed by atoms with Crippen LogP contribution in [0.25, 0.3) is 32.8 Å². The van der Waals surface area contributed by atoms with E-state index < -0.39 is 6.36 Å². The van der Waals surface area contributed by atoms with E-state index in [4.69, 9.17) is 0 Å². The van der Waals surface area contributed by atoms with Gasteiger partial charge in [0.2, 0.25) is 0 Å². The van der Waals surface area contributed by atoms with E-state index in [9.17, 15) is 18.0 Å². The lowest BCUT2D eigenvalue weighted by molar-refractivity contribution is -0.274. The quantitative estimate of drug-likeness (QED) is 0.491. The summed E-state index contributed by atoms with van der Waals surface area (Å²) >= 11 is 0. The summed E-state index contributed by atoms with van der Waals surface area (Å²) in [7, 11) is 1.53. The van der Waals surface area contributed by atoms with Gasteiger partial charge in [0.05, 0.1) is 5.52 Å². The lowest BCUT2D eigenvalue weighted by Gasteiger charge is -2.16. The Morgan fingerprint density at radius 2 is 1.82 bits per heavy atom. The van der Waals surface area contributed by atoms with Crippen molar-refractivity contribution in [3.8, 4) is 16.9 Å². The first kappa shape index (κ1) is 18.0. The minimum absolute atomic E-state index is 0.276. The number of benzene rings is 2. The summed E-state index contributed by atoms with van der Waals surface area (Å²) in [6.07, 6.45) is -1.52. The number of hydrogen-bond donors (Lipinski definition) is 0. The topological polar surface area (TPSA) is 44.1 Å². The molecule has 4 nitrogen and oxygen atoms in total. The van der Waals surface area contributed by atoms with E-state index in [1.807, 2.05) is 24.3 Å². The van der Waals surface area contributed by atoms with Crippen molar-refractivity contribution >= 4 is 21.7 Å². The molecule has 0 saturated carbocycles. The van der Waals surface area contributed by atoms with Gasteiger partial charge in [0, 0.05) is 41.8 Å². The molecule has 0 unspecified atom stereocenters. The van der Waals surface area contributed by atoms with Crippen molar-refractivity contribution in [3.63, 3.8) is 0 Å². The van der Waals surface area contributed by atoms with Gasteiger partial charge in [-0.2, -0.15) is 0 Å². The van der Waals surface area contributed by atoms with Crippen molar-refractivity contribution in [1.29, 1.82) is 0 Å². The Morgan fingerprint density at radius 1 is 1.04 bits per heavy atom. The second-order valence-corrected chi connectivity index (χ2v) is 6.55. The number of pyridine rings is 2. The molecule has 2 heterocycles. The van der Waals surface area contributed by atoms with Gasteiger partial charge in [0.1, 0.15) is 5.75 Å². The molecule has 0 spiro atoms. The number of halogens is 3. The molecule has 0 N–H and O–H groups in total. The predicted octanol–water partition coefficient (Wildman–Crippen LogP) is 4.96. The highest BCUT2D eigenvalue weighted by Crippen LogP contribution is 2.37. The number of aryl methyl sites for hydroxylation is 2. The Balaban J connectivity index is 2.12. The number of alkyl halides is 3. The van der Waals surface area contributed by atoms with Gasteiger partial charge in [-0.1, -0.05) is 18.2 Å². The number of fused-ring (bicyclic) bond motifs is 2. The van der Waals surface area contributed by atoms with Crippen LogP contribution >= 0.6 is 0 Å². The molecular formula is C21H15F3N2O2. The average molecular weight is 384 g/mol. The molecule has 2 aromatic heterocycles. The fourth-order valence-corrected chi connectivity index (χ4v) is 3.46. The smallest absolute Gasteiger partial charge is 0.406 e. The zero-order chi connectivity index (χ0) is 20.1. The number of hydrogen-bond acceptors (Lipinski definition) is 3. The minimum atomic E-state index is -4.84. The highest BCUT2D eigenvalue weighted by atomic mass is 19.4. The first-order valence-corrected chi connectivity index (χ1v) is 8.48. The molecule has 0 fully saturated rings. The van der Waals surface area contributed by atoms with Crippen LogP contribution < -0.4 is 10.3 Å². The molecular weight excluding hydrogens is 369 g/mol. The van der Waals surface area contributed by atoms with Crippen LogP contribution in [-0.2, 0) is 7.05 Å². The summed E-state index contributed by atoms with van der Waals surface area (Å²) in [5.74, 6) is -0.380. The average Bonchev–Trinajstić information content (AvgIpc) is 2.65. The molecule has 0 atom stereocenters. The lowest BCUT2D eigenvalue weighted by Crippen LogP contribution is -2.20. The molecule has 0 radical (unpaired) electrons. The van der Waals surface area contributed by atoms with Gasteiger partial charge < -0.3 is 9.30 Å². The third kappa shape index (κ3) is 3.09. The van der Waals surface area contributed by atoms with Crippen molar-refractivity contribution in [2.45, 2.75) is 13.3 Å². The molecule has 4 aromatic rings. The Labute approximate surface area is 157 Å². The summed E-state index contributed by atoms with van der Waals surface area (Å²) in [6, 6.07) is 11.7. The molecule has 0 saturated heterocycles. The van der Waals surface area contributed by atoms with Crippen LogP contribution in [0.3, 0.4) is 0 Å². The Hall–Kier alpha value is -3.35. The first-order chi connectivity index (χ1) is 13.2. The van der Waals surface area contributed by atoms with E-state index >= 15 is 0 Å². The van der Waals surface area contributed by atoms with Crippen LogP contribution in [0.5, 0.6) is 5.75 Å². The first-order valence-electron chi connectivity index (χ1n) is 8.48. The molecule has 28 heavy (non-hydrogen) atoms. The number of aromatic nitrogens is 2. The van der Waals surface area contributed by atoms with Crippen molar-refractivity contribution < 1.29 is 17.9 Å². The third-order valence-corrected chi connectivity index (χ3v) is 4.70. The van der Waals surface area contributed by atoms with Crippen LogP contribution in [0.2, 0.25) is 0 Å². The van der Waals surface area contributed by atoms with Gasteiger partial charge in [-0.3, -0.25) is 9.78 Å². The summed E-state index contributed by atoms with van der Waals surface area (Å²) in [6.45, 7) is 1.68. The standard InChI is InChI=1S/C21H15F3N2O2/c1-12-8-17-16(15-5-3-4-13-6-7-25-11-18(13)15)9-14(28-21(22,23)24)10-19(17)26(2)20(12)27/h3-11H,1-2H3. The molecule has 142 valence electrons. The molecule has 0 aliphatic heterocycles. The van der Waals surface area contributed by atoms with Gasteiger partial charge >= 0.3 is 6.36 Å². The van der Waals surface area contributed by atoms with Crippen LogP contribution in [0.1, 0.15) is 5.56 Å². The highest BCUT2D eigenvalue weighted by Gasteiger charge is 2.31. The fraction of sp³-hybridized carbons (Fsp3) is 0.143. The largest absolute Gasteiger partial charge is 0.573 e. The van der Waals surface area contributed by atoms with Crippen molar-refractivity contribution in [1.82, 2.24) is 9.55 Å². The highest BCUT2D eigenvalue weighted by molar-refractivity contribution is 6.05. The van der Waals surface area contributed by atoms with Gasteiger partial charge in [0.25, 0.3) is 5.56 Å². The van der Waals surface area contributed by atoms with Crippen LogP contribution in [0.4, 0.5) is 13.2 Å². The van der Waals surface area contributed by atoms with Crippen molar-refractivity contribution in [2.24, 2.45) is 7.05 Å². The predicted molar refractivity (Wildman–Crippen MR) is 101 cm³/mol. The summed E-state index contributed by atoms with van der Waals surface area (Å²) < 4.78 is 44.1. The summed E-state index contributed by atoms with van der Waals surface area (Å²) in [4.78, 5) is 16.5. The monoisotopic (exact) mass is 384 g/mol. The molecule has 0 aliphatic carbocycles. The van der Waals surface area contributed by atoms with Crippen LogP contribution in [0, 0.1) is 6.92 Å². The van der Waals surface area contributed by atoms with Crippen LogP contribution in [-0.4, -0.2) is 15.9 Å².